The number of carbonyl (C=O) groups is 1. The summed E-state index contributed by atoms with van der Waals surface area (Å²) in [4.78, 5) is 12.2. The molecule has 0 unspecified atom stereocenters. The van der Waals surface area contributed by atoms with Crippen molar-refractivity contribution in [3.63, 3.8) is 0 Å². The van der Waals surface area contributed by atoms with Crippen molar-refractivity contribution >= 4 is 33.2 Å². The van der Waals surface area contributed by atoms with Gasteiger partial charge in [-0.05, 0) is 37.0 Å². The fraction of sp³-hybridized carbons (Fsp3) is 0.533. The van der Waals surface area contributed by atoms with Crippen molar-refractivity contribution in [3.8, 4) is 0 Å². The van der Waals surface area contributed by atoms with Crippen molar-refractivity contribution in [2.75, 3.05) is 24.7 Å². The highest BCUT2D eigenvalue weighted by Crippen LogP contribution is 2.27. The average molecular weight is 347 g/mol. The van der Waals surface area contributed by atoms with Gasteiger partial charge in [0.25, 0.3) is 0 Å². The molecule has 0 atom stereocenters. The lowest BCUT2D eigenvalue weighted by Gasteiger charge is -2.21. The highest BCUT2D eigenvalue weighted by atomic mass is 35.5. The molecule has 7 heteroatoms. The molecule has 0 aromatic heterocycles. The van der Waals surface area contributed by atoms with E-state index in [1.807, 2.05) is 33.8 Å². The predicted octanol–water partition coefficient (Wildman–Crippen LogP) is 2.81. The molecule has 1 aromatic rings. The van der Waals surface area contributed by atoms with Crippen molar-refractivity contribution in [2.45, 2.75) is 27.7 Å². The predicted molar refractivity (Wildman–Crippen MR) is 90.8 cm³/mol. The summed E-state index contributed by atoms with van der Waals surface area (Å²) in [7, 11) is -3.43. The first-order valence-corrected chi connectivity index (χ1v) is 9.25. The zero-order valence-electron chi connectivity index (χ0n) is 13.6. The molecule has 0 saturated heterocycles. The monoisotopic (exact) mass is 346 g/mol. The van der Waals surface area contributed by atoms with Gasteiger partial charge in [0.05, 0.1) is 23.5 Å². The number of carbonyl (C=O) groups excluding carboxylic acids is 1. The summed E-state index contributed by atoms with van der Waals surface area (Å²) in [6, 6.07) is 3.66. The van der Waals surface area contributed by atoms with Gasteiger partial charge in [0.1, 0.15) is 0 Å². The van der Waals surface area contributed by atoms with Crippen LogP contribution in [0.3, 0.4) is 0 Å². The van der Waals surface area contributed by atoms with Gasteiger partial charge in [0.2, 0.25) is 15.9 Å². The number of anilines is 1. The zero-order valence-corrected chi connectivity index (χ0v) is 15.2. The first-order chi connectivity index (χ1) is 10.0. The second-order valence-corrected chi connectivity index (χ2v) is 8.33. The minimum Gasteiger partial charge on any atom is -0.323 e. The summed E-state index contributed by atoms with van der Waals surface area (Å²) < 4.78 is 24.7. The van der Waals surface area contributed by atoms with E-state index in [9.17, 15) is 13.2 Å². The van der Waals surface area contributed by atoms with E-state index >= 15 is 0 Å². The quantitative estimate of drug-likeness (QED) is 0.861. The van der Waals surface area contributed by atoms with Crippen molar-refractivity contribution < 1.29 is 13.2 Å². The number of benzene rings is 1. The van der Waals surface area contributed by atoms with Crippen molar-refractivity contribution in [2.24, 2.45) is 5.92 Å². The van der Waals surface area contributed by atoms with Gasteiger partial charge < -0.3 is 5.32 Å². The number of aryl methyl sites for hydroxylation is 2. The third-order valence-corrected chi connectivity index (χ3v) is 4.57. The molecule has 0 aliphatic rings. The molecule has 0 spiro atoms. The maximum atomic E-state index is 12.2. The van der Waals surface area contributed by atoms with E-state index in [0.717, 1.165) is 17.4 Å². The summed E-state index contributed by atoms with van der Waals surface area (Å²) >= 11 is 6.14. The summed E-state index contributed by atoms with van der Waals surface area (Å²) in [5.74, 6) is -0.271. The molecule has 22 heavy (non-hydrogen) atoms. The molecule has 0 radical (unpaired) electrons. The van der Waals surface area contributed by atoms with E-state index in [4.69, 9.17) is 11.6 Å². The summed E-state index contributed by atoms with van der Waals surface area (Å²) in [5, 5.41) is 3.15. The standard InChI is InChI=1S/C15H23ClN2O3S/c1-10(2)8-18(22(5,20)21)9-14(19)17-15-12(4)6-11(3)7-13(15)16/h6-7,10H,8-9H2,1-5H3,(H,17,19). The second-order valence-electron chi connectivity index (χ2n) is 5.94. The summed E-state index contributed by atoms with van der Waals surface area (Å²) in [6.45, 7) is 7.64. The first-order valence-electron chi connectivity index (χ1n) is 7.02. The van der Waals surface area contributed by atoms with Gasteiger partial charge in [-0.3, -0.25) is 4.79 Å². The first kappa shape index (κ1) is 18.9. The summed E-state index contributed by atoms with van der Waals surface area (Å²) in [6.07, 6.45) is 1.10. The second kappa shape index (κ2) is 7.44. The molecular weight excluding hydrogens is 324 g/mol. The number of rotatable bonds is 6. The SMILES string of the molecule is Cc1cc(C)c(NC(=O)CN(CC(C)C)S(C)(=O)=O)c(Cl)c1. The molecule has 0 aliphatic carbocycles. The lowest BCUT2D eigenvalue weighted by molar-refractivity contribution is -0.116. The zero-order chi connectivity index (χ0) is 17.1. The largest absolute Gasteiger partial charge is 0.323 e. The van der Waals surface area contributed by atoms with Gasteiger partial charge in [-0.15, -0.1) is 0 Å². The van der Waals surface area contributed by atoms with Crippen molar-refractivity contribution in [3.05, 3.63) is 28.3 Å². The van der Waals surface area contributed by atoms with Crippen LogP contribution in [0.4, 0.5) is 5.69 Å². The number of halogens is 1. The minimum atomic E-state index is -3.43. The van der Waals surface area contributed by atoms with Gasteiger partial charge >= 0.3 is 0 Å². The van der Waals surface area contributed by atoms with E-state index in [2.05, 4.69) is 5.32 Å². The van der Waals surface area contributed by atoms with Crippen LogP contribution in [0.5, 0.6) is 0 Å². The Labute approximate surface area is 137 Å². The lowest BCUT2D eigenvalue weighted by Crippen LogP contribution is -2.39. The van der Waals surface area contributed by atoms with Crippen LogP contribution < -0.4 is 5.32 Å². The molecule has 0 heterocycles. The lowest BCUT2D eigenvalue weighted by atomic mass is 10.1. The molecule has 0 saturated carbocycles. The Balaban J connectivity index is 2.89. The average Bonchev–Trinajstić information content (AvgIpc) is 2.31. The Morgan fingerprint density at radius 1 is 1.32 bits per heavy atom. The highest BCUT2D eigenvalue weighted by Gasteiger charge is 2.21. The third kappa shape index (κ3) is 5.59. The van der Waals surface area contributed by atoms with Gasteiger partial charge in [0, 0.05) is 6.54 Å². The smallest absolute Gasteiger partial charge is 0.239 e. The maximum absolute atomic E-state index is 12.2. The van der Waals surface area contributed by atoms with Crippen LogP contribution in [0.25, 0.3) is 0 Å². The highest BCUT2D eigenvalue weighted by molar-refractivity contribution is 7.88. The molecule has 1 aromatic carbocycles. The summed E-state index contributed by atoms with van der Waals surface area (Å²) in [5.41, 5.74) is 2.36. The Morgan fingerprint density at radius 3 is 2.36 bits per heavy atom. The number of amides is 1. The molecule has 1 N–H and O–H groups in total. The van der Waals surface area contributed by atoms with E-state index in [0.29, 0.717) is 17.3 Å². The molecular formula is C15H23ClN2O3S. The fourth-order valence-electron chi connectivity index (χ4n) is 2.14. The molecule has 0 aliphatic heterocycles. The van der Waals surface area contributed by atoms with Crippen LogP contribution in [-0.2, 0) is 14.8 Å². The molecule has 0 fully saturated rings. The molecule has 1 amide bonds. The topological polar surface area (TPSA) is 66.5 Å². The minimum absolute atomic E-state index is 0.132. The van der Waals surface area contributed by atoms with Crippen LogP contribution in [-0.4, -0.2) is 38.0 Å². The van der Waals surface area contributed by atoms with Crippen LogP contribution in [0.2, 0.25) is 5.02 Å². The van der Waals surface area contributed by atoms with E-state index in [-0.39, 0.29) is 12.5 Å². The van der Waals surface area contributed by atoms with Crippen LogP contribution in [0, 0.1) is 19.8 Å². The molecule has 1 rings (SSSR count). The molecule has 5 nitrogen and oxygen atoms in total. The number of nitrogens with zero attached hydrogens (tertiary/aromatic N) is 1. The van der Waals surface area contributed by atoms with Crippen LogP contribution in [0.1, 0.15) is 25.0 Å². The van der Waals surface area contributed by atoms with Crippen LogP contribution in [0.15, 0.2) is 12.1 Å². The van der Waals surface area contributed by atoms with E-state index in [1.54, 1.807) is 6.07 Å². The van der Waals surface area contributed by atoms with E-state index < -0.39 is 15.9 Å². The number of sulfonamides is 1. The third-order valence-electron chi connectivity index (χ3n) is 3.05. The maximum Gasteiger partial charge on any atom is 0.239 e. The number of hydrogen-bond acceptors (Lipinski definition) is 3. The van der Waals surface area contributed by atoms with E-state index in [1.165, 1.54) is 4.31 Å². The van der Waals surface area contributed by atoms with Crippen LogP contribution >= 0.6 is 11.6 Å². The van der Waals surface area contributed by atoms with Crippen molar-refractivity contribution in [1.82, 2.24) is 4.31 Å². The van der Waals surface area contributed by atoms with Crippen molar-refractivity contribution in [1.29, 1.82) is 0 Å². The van der Waals surface area contributed by atoms with Gasteiger partial charge in [-0.25, -0.2) is 8.42 Å². The Hall–Kier alpha value is -1.11. The fourth-order valence-corrected chi connectivity index (χ4v) is 3.43. The molecule has 124 valence electrons. The molecule has 0 bridgehead atoms. The number of hydrogen-bond donors (Lipinski definition) is 1. The number of nitrogens with one attached hydrogen (secondary N) is 1. The Bertz CT molecular complexity index is 634. The Morgan fingerprint density at radius 2 is 1.91 bits per heavy atom. The van der Waals surface area contributed by atoms with Gasteiger partial charge in [-0.2, -0.15) is 4.31 Å². The van der Waals surface area contributed by atoms with Gasteiger partial charge in [-0.1, -0.05) is 31.5 Å². The van der Waals surface area contributed by atoms with Gasteiger partial charge in [0.15, 0.2) is 0 Å². The normalized spacial score (nSPS) is 12.0. The Kier molecular flexibility index (Phi) is 6.40.